The second kappa shape index (κ2) is 7.32. The molecule has 3 aromatic rings. The highest BCUT2D eigenvalue weighted by Gasteiger charge is 2.19. The van der Waals surface area contributed by atoms with Crippen molar-refractivity contribution < 1.29 is 9.21 Å². The van der Waals surface area contributed by atoms with Crippen molar-refractivity contribution in [2.75, 3.05) is 20.6 Å². The summed E-state index contributed by atoms with van der Waals surface area (Å²) in [7, 11) is 3.89. The van der Waals surface area contributed by atoms with Crippen LogP contribution in [0.15, 0.2) is 69.9 Å². The molecule has 0 saturated carbocycles. The lowest BCUT2D eigenvalue weighted by Crippen LogP contribution is -2.35. The van der Waals surface area contributed by atoms with Crippen molar-refractivity contribution in [1.82, 2.24) is 10.2 Å². The molecule has 0 radical (unpaired) electrons. The van der Waals surface area contributed by atoms with Gasteiger partial charge in [0.05, 0.1) is 11.4 Å². The minimum Gasteiger partial charge on any atom is -0.451 e. The van der Waals surface area contributed by atoms with Gasteiger partial charge in [-0.2, -0.15) is 0 Å². The Bertz CT molecular complexity index is 932. The molecule has 5 heteroatoms. The summed E-state index contributed by atoms with van der Waals surface area (Å²) in [6.07, 6.45) is 0. The summed E-state index contributed by atoms with van der Waals surface area (Å²) in [5.74, 6) is -0.387. The number of nitrogens with one attached hydrogen (secondary N) is 1. The van der Waals surface area contributed by atoms with E-state index in [9.17, 15) is 9.59 Å². The van der Waals surface area contributed by atoms with Crippen LogP contribution in [0.1, 0.15) is 22.2 Å². The Balaban J connectivity index is 1.90. The molecular weight excluding hydrogens is 316 g/mol. The van der Waals surface area contributed by atoms with Gasteiger partial charge in [0.1, 0.15) is 5.58 Å². The molecule has 0 unspecified atom stereocenters. The molecule has 0 aliphatic rings. The standard InChI is InChI=1S/C20H20N2O3/c1-22(2)13-16(14-8-4-3-5-9-14)21-20(24)19-12-17(23)15-10-6-7-11-18(15)25-19/h3-12,16H,13H2,1-2H3,(H,21,24)/t16-/m1/s1. The highest BCUT2D eigenvalue weighted by Crippen LogP contribution is 2.16. The molecule has 3 rings (SSSR count). The van der Waals surface area contributed by atoms with E-state index in [-0.39, 0.29) is 17.2 Å². The first kappa shape index (κ1) is 16.9. The van der Waals surface area contributed by atoms with Crippen molar-refractivity contribution >= 4 is 16.9 Å². The van der Waals surface area contributed by atoms with Gasteiger partial charge in [-0.3, -0.25) is 9.59 Å². The molecule has 1 heterocycles. The summed E-state index contributed by atoms with van der Waals surface area (Å²) in [5, 5.41) is 3.42. The maximum absolute atomic E-state index is 12.6. The van der Waals surface area contributed by atoms with E-state index >= 15 is 0 Å². The van der Waals surface area contributed by atoms with Gasteiger partial charge in [0.25, 0.3) is 5.91 Å². The molecule has 0 saturated heterocycles. The summed E-state index contributed by atoms with van der Waals surface area (Å²) in [6, 6.07) is 17.7. The van der Waals surface area contributed by atoms with Crippen LogP contribution in [0.5, 0.6) is 0 Å². The van der Waals surface area contributed by atoms with Gasteiger partial charge in [0.15, 0.2) is 11.2 Å². The predicted octanol–water partition coefficient (Wildman–Crippen LogP) is 2.83. The number of carbonyl (C=O) groups excluding carboxylic acids is 1. The van der Waals surface area contributed by atoms with Gasteiger partial charge in [-0.1, -0.05) is 42.5 Å². The minimum atomic E-state index is -0.404. The molecule has 1 amide bonds. The van der Waals surface area contributed by atoms with Crippen molar-refractivity contribution in [3.8, 4) is 0 Å². The summed E-state index contributed by atoms with van der Waals surface area (Å²) < 4.78 is 5.62. The minimum absolute atomic E-state index is 0.0170. The zero-order valence-corrected chi connectivity index (χ0v) is 14.2. The predicted molar refractivity (Wildman–Crippen MR) is 97.7 cm³/mol. The van der Waals surface area contributed by atoms with E-state index < -0.39 is 5.91 Å². The molecule has 1 aromatic heterocycles. The van der Waals surface area contributed by atoms with Crippen LogP contribution in [-0.4, -0.2) is 31.4 Å². The van der Waals surface area contributed by atoms with Crippen molar-refractivity contribution in [2.24, 2.45) is 0 Å². The van der Waals surface area contributed by atoms with Gasteiger partial charge in [-0.05, 0) is 31.8 Å². The van der Waals surface area contributed by atoms with Crippen LogP contribution in [-0.2, 0) is 0 Å². The topological polar surface area (TPSA) is 62.6 Å². The van der Waals surface area contributed by atoms with E-state index in [1.807, 2.05) is 49.3 Å². The normalized spacial score (nSPS) is 12.3. The third kappa shape index (κ3) is 3.95. The van der Waals surface area contributed by atoms with Crippen LogP contribution in [0.25, 0.3) is 11.0 Å². The Morgan fingerprint density at radius 3 is 2.48 bits per heavy atom. The molecule has 1 N–H and O–H groups in total. The van der Waals surface area contributed by atoms with Gasteiger partial charge >= 0.3 is 0 Å². The molecule has 25 heavy (non-hydrogen) atoms. The molecular formula is C20H20N2O3. The molecule has 0 bridgehead atoms. The summed E-state index contributed by atoms with van der Waals surface area (Å²) in [6.45, 7) is 0.633. The van der Waals surface area contributed by atoms with E-state index in [1.165, 1.54) is 6.07 Å². The zero-order chi connectivity index (χ0) is 17.8. The first-order valence-electron chi connectivity index (χ1n) is 8.08. The zero-order valence-electron chi connectivity index (χ0n) is 14.2. The molecule has 128 valence electrons. The molecule has 1 atom stereocenters. The van der Waals surface area contributed by atoms with Gasteiger partial charge in [-0.25, -0.2) is 0 Å². The quantitative estimate of drug-likeness (QED) is 0.778. The van der Waals surface area contributed by atoms with Crippen LogP contribution < -0.4 is 10.7 Å². The van der Waals surface area contributed by atoms with E-state index in [4.69, 9.17) is 4.42 Å². The molecule has 0 aliphatic heterocycles. The average molecular weight is 336 g/mol. The number of rotatable bonds is 5. The van der Waals surface area contributed by atoms with Crippen molar-refractivity contribution in [3.63, 3.8) is 0 Å². The van der Waals surface area contributed by atoms with Crippen LogP contribution in [0.3, 0.4) is 0 Å². The van der Waals surface area contributed by atoms with Gasteiger partial charge in [-0.15, -0.1) is 0 Å². The molecule has 0 fully saturated rings. The number of hydrogen-bond donors (Lipinski definition) is 1. The Labute approximate surface area is 145 Å². The Hall–Kier alpha value is -2.92. The lowest BCUT2D eigenvalue weighted by Gasteiger charge is -2.22. The number of nitrogens with zero attached hydrogens (tertiary/aromatic N) is 1. The number of carbonyl (C=O) groups is 1. The number of amides is 1. The van der Waals surface area contributed by atoms with Crippen LogP contribution >= 0.6 is 0 Å². The van der Waals surface area contributed by atoms with E-state index in [0.717, 1.165) is 5.56 Å². The third-order valence-corrected chi connectivity index (χ3v) is 3.91. The average Bonchev–Trinajstić information content (AvgIpc) is 2.61. The SMILES string of the molecule is CN(C)C[C@@H](NC(=O)c1cc(=O)c2ccccc2o1)c1ccccc1. The lowest BCUT2D eigenvalue weighted by molar-refractivity contribution is 0.0902. The summed E-state index contributed by atoms with van der Waals surface area (Å²) >= 11 is 0. The van der Waals surface area contributed by atoms with Gasteiger partial charge in [0, 0.05) is 12.6 Å². The van der Waals surface area contributed by atoms with Gasteiger partial charge in [0.2, 0.25) is 0 Å². The Kier molecular flexibility index (Phi) is 4.95. The molecule has 2 aromatic carbocycles. The van der Waals surface area contributed by atoms with E-state index in [0.29, 0.717) is 17.5 Å². The summed E-state index contributed by atoms with van der Waals surface area (Å²) in [5.41, 5.74) is 1.17. The fourth-order valence-corrected chi connectivity index (χ4v) is 2.73. The fourth-order valence-electron chi connectivity index (χ4n) is 2.73. The van der Waals surface area contributed by atoms with Crippen molar-refractivity contribution in [3.05, 3.63) is 82.2 Å². The summed E-state index contributed by atoms with van der Waals surface area (Å²) in [4.78, 5) is 26.8. The number of hydrogen-bond acceptors (Lipinski definition) is 4. The second-order valence-electron chi connectivity index (χ2n) is 6.17. The van der Waals surface area contributed by atoms with Crippen molar-refractivity contribution in [1.29, 1.82) is 0 Å². The highest BCUT2D eigenvalue weighted by atomic mass is 16.3. The monoisotopic (exact) mass is 336 g/mol. The first-order valence-corrected chi connectivity index (χ1v) is 8.08. The Morgan fingerprint density at radius 1 is 1.08 bits per heavy atom. The smallest absolute Gasteiger partial charge is 0.287 e. The molecule has 0 aliphatic carbocycles. The molecule has 0 spiro atoms. The van der Waals surface area contributed by atoms with Crippen LogP contribution in [0.4, 0.5) is 0 Å². The van der Waals surface area contributed by atoms with E-state index in [2.05, 4.69) is 5.32 Å². The maximum atomic E-state index is 12.6. The van der Waals surface area contributed by atoms with Crippen molar-refractivity contribution in [2.45, 2.75) is 6.04 Å². The first-order chi connectivity index (χ1) is 12.0. The van der Waals surface area contributed by atoms with Gasteiger partial charge < -0.3 is 14.6 Å². The fraction of sp³-hybridized carbons (Fsp3) is 0.200. The maximum Gasteiger partial charge on any atom is 0.287 e. The number of fused-ring (bicyclic) bond motifs is 1. The number of likely N-dealkylation sites (N-methyl/N-ethyl adjacent to an activating group) is 1. The Morgan fingerprint density at radius 2 is 1.76 bits per heavy atom. The number of benzene rings is 2. The molecule has 5 nitrogen and oxygen atoms in total. The van der Waals surface area contributed by atoms with Crippen LogP contribution in [0.2, 0.25) is 0 Å². The highest BCUT2D eigenvalue weighted by molar-refractivity contribution is 5.93. The third-order valence-electron chi connectivity index (χ3n) is 3.91. The lowest BCUT2D eigenvalue weighted by atomic mass is 10.1. The largest absolute Gasteiger partial charge is 0.451 e. The van der Waals surface area contributed by atoms with E-state index in [1.54, 1.807) is 24.3 Å². The second-order valence-corrected chi connectivity index (χ2v) is 6.17. The van der Waals surface area contributed by atoms with Crippen LogP contribution in [0, 0.1) is 0 Å². The number of para-hydroxylation sites is 1.